The fraction of sp³-hybridized carbons (Fsp3) is 0.561. The van der Waals surface area contributed by atoms with Crippen LogP contribution in [0.4, 0.5) is 0 Å². The number of nitrogens with zero attached hydrogens (tertiary/aromatic N) is 3. The van der Waals surface area contributed by atoms with Gasteiger partial charge in [0, 0.05) is 37.9 Å². The van der Waals surface area contributed by atoms with E-state index in [1.165, 1.54) is 18.3 Å². The number of rotatable bonds is 17. The fourth-order valence-corrected chi connectivity index (χ4v) is 8.06. The number of carboxylic acids is 1. The molecule has 0 bridgehead atoms. The summed E-state index contributed by atoms with van der Waals surface area (Å²) in [5, 5.41) is 19.8. The number of aliphatic carboxylic acids is 1. The Morgan fingerprint density at radius 2 is 1.69 bits per heavy atom. The molecule has 1 aliphatic heterocycles. The summed E-state index contributed by atoms with van der Waals surface area (Å²) >= 11 is 1.18. The number of carboxylic acid groups (broad SMARTS) is 1. The van der Waals surface area contributed by atoms with Crippen LogP contribution < -0.4 is 10.6 Å². The predicted molar refractivity (Wildman–Crippen MR) is 210 cm³/mol. The number of carbonyl (C=O) groups excluding carboxylic acids is 4. The summed E-state index contributed by atoms with van der Waals surface area (Å²) in [6.45, 7) is 11.5. The van der Waals surface area contributed by atoms with Gasteiger partial charge in [0.2, 0.25) is 11.8 Å². The number of carbonyl (C=O) groups is 5. The zero-order valence-corrected chi connectivity index (χ0v) is 33.7. The predicted octanol–water partition coefficient (Wildman–Crippen LogP) is 5.85. The van der Waals surface area contributed by atoms with Crippen LogP contribution in [-0.2, 0) is 30.3 Å². The van der Waals surface area contributed by atoms with Gasteiger partial charge in [-0.05, 0) is 67.4 Å². The molecule has 1 fully saturated rings. The van der Waals surface area contributed by atoms with Gasteiger partial charge in [-0.2, -0.15) is 0 Å². The molecular weight excluding hydrogens is 707 g/mol. The first-order valence-electron chi connectivity index (χ1n) is 19.0. The summed E-state index contributed by atoms with van der Waals surface area (Å²) in [7, 11) is 3.64. The number of benzene rings is 2. The molecule has 54 heavy (non-hydrogen) atoms. The van der Waals surface area contributed by atoms with Crippen molar-refractivity contribution in [3.8, 4) is 0 Å². The number of ether oxygens (including phenoxy) is 1. The average molecular weight is 764 g/mol. The molecule has 0 saturated carbocycles. The fourth-order valence-electron chi connectivity index (χ4n) is 7.22. The summed E-state index contributed by atoms with van der Waals surface area (Å²) in [5.41, 5.74) is 1.09. The molecule has 13 heteroatoms. The number of hydrogen-bond acceptors (Lipinski definition) is 9. The second kappa shape index (κ2) is 19.3. The number of piperidine rings is 1. The molecule has 2 heterocycles. The maximum atomic E-state index is 14.1. The minimum atomic E-state index is -0.949. The highest BCUT2D eigenvalue weighted by atomic mass is 32.1. The number of likely N-dealkylation sites (tertiary alicyclic amines) is 1. The van der Waals surface area contributed by atoms with E-state index in [-0.39, 0.29) is 48.2 Å². The van der Waals surface area contributed by atoms with Crippen LogP contribution in [0.1, 0.15) is 101 Å². The first-order chi connectivity index (χ1) is 25.5. The summed E-state index contributed by atoms with van der Waals surface area (Å²) in [4.78, 5) is 73.5. The van der Waals surface area contributed by atoms with Gasteiger partial charge in [-0.15, -0.1) is 11.3 Å². The third-order valence-corrected chi connectivity index (χ3v) is 11.3. The van der Waals surface area contributed by atoms with E-state index >= 15 is 0 Å². The summed E-state index contributed by atoms with van der Waals surface area (Å²) < 4.78 is 5.78. The highest BCUT2D eigenvalue weighted by Gasteiger charge is 2.37. The number of hydrogen-bond donors (Lipinski definition) is 3. The van der Waals surface area contributed by atoms with Crippen LogP contribution in [-0.4, -0.2) is 94.4 Å². The Morgan fingerprint density at radius 3 is 2.31 bits per heavy atom. The van der Waals surface area contributed by atoms with Gasteiger partial charge in [-0.3, -0.25) is 28.9 Å². The third kappa shape index (κ3) is 11.3. The lowest BCUT2D eigenvalue weighted by molar-refractivity contribution is -0.149. The molecule has 0 aliphatic carbocycles. The van der Waals surface area contributed by atoms with Crippen LogP contribution >= 0.6 is 11.3 Å². The Morgan fingerprint density at radius 1 is 0.981 bits per heavy atom. The van der Waals surface area contributed by atoms with Crippen LogP contribution in [0.25, 0.3) is 10.8 Å². The Bertz CT molecular complexity index is 1780. The Hall–Kier alpha value is -4.36. The number of fused-ring (bicyclic) bond motifs is 1. The van der Waals surface area contributed by atoms with E-state index < -0.39 is 48.0 Å². The molecule has 1 saturated heterocycles. The first kappa shape index (κ1) is 42.4. The lowest BCUT2D eigenvalue weighted by Gasteiger charge is -2.37. The van der Waals surface area contributed by atoms with E-state index in [9.17, 15) is 29.1 Å². The zero-order valence-electron chi connectivity index (χ0n) is 32.8. The normalized spacial score (nSPS) is 17.7. The van der Waals surface area contributed by atoms with E-state index in [1.807, 2.05) is 82.1 Å². The quantitative estimate of drug-likeness (QED) is 0.144. The average Bonchev–Trinajstić information content (AvgIpc) is 3.62. The Kier molecular flexibility index (Phi) is 15.1. The first-order valence-corrected chi connectivity index (χ1v) is 19.8. The van der Waals surface area contributed by atoms with Gasteiger partial charge in [0.15, 0.2) is 6.10 Å². The van der Waals surface area contributed by atoms with Crippen LogP contribution in [0, 0.1) is 17.8 Å². The molecule has 3 amide bonds. The van der Waals surface area contributed by atoms with Crippen molar-refractivity contribution in [3.05, 3.63) is 64.1 Å². The lowest BCUT2D eigenvalue weighted by atomic mass is 9.94. The van der Waals surface area contributed by atoms with Gasteiger partial charge >= 0.3 is 11.9 Å². The van der Waals surface area contributed by atoms with Crippen LogP contribution in [0.3, 0.4) is 0 Å². The zero-order chi connectivity index (χ0) is 39.7. The SMILES string of the molecule is CC(=O)OC(CC(C(C)C)N(C)C(=O)C(NC(=O)C1CCCCN1C)C(C)C)c1nc(C(=O)NC(Cc2ccc3ccccc3c2)C[C@H](C)C(=O)O)cs1. The second-order valence-corrected chi connectivity index (χ2v) is 16.3. The number of nitrogens with one attached hydrogen (secondary N) is 2. The number of esters is 1. The molecule has 4 rings (SSSR count). The van der Waals surface area contributed by atoms with E-state index in [0.717, 1.165) is 42.1 Å². The largest absolute Gasteiger partial charge is 0.481 e. The van der Waals surface area contributed by atoms with Gasteiger partial charge in [-0.1, -0.05) is 83.5 Å². The van der Waals surface area contributed by atoms with Gasteiger partial charge in [0.1, 0.15) is 16.7 Å². The smallest absolute Gasteiger partial charge is 0.306 e. The van der Waals surface area contributed by atoms with Gasteiger partial charge < -0.3 is 25.4 Å². The summed E-state index contributed by atoms with van der Waals surface area (Å²) in [6, 6.07) is 12.1. The Balaban J connectivity index is 1.51. The lowest BCUT2D eigenvalue weighted by Crippen LogP contribution is -2.57. The van der Waals surface area contributed by atoms with Crippen molar-refractivity contribution in [1.82, 2.24) is 25.4 Å². The molecule has 6 atom stereocenters. The van der Waals surface area contributed by atoms with Crippen molar-refractivity contribution < 1.29 is 33.8 Å². The molecule has 2 aromatic carbocycles. The van der Waals surface area contributed by atoms with E-state index in [1.54, 1.807) is 24.3 Å². The molecule has 3 N–H and O–H groups in total. The molecule has 5 unspecified atom stereocenters. The number of likely N-dealkylation sites (N-methyl/N-ethyl adjacent to an activating group) is 2. The van der Waals surface area contributed by atoms with Gasteiger partial charge in [0.05, 0.1) is 12.0 Å². The molecule has 294 valence electrons. The highest BCUT2D eigenvalue weighted by Crippen LogP contribution is 2.31. The highest BCUT2D eigenvalue weighted by molar-refractivity contribution is 7.09. The second-order valence-electron chi connectivity index (χ2n) is 15.4. The molecule has 1 aliphatic rings. The number of aromatic nitrogens is 1. The van der Waals surface area contributed by atoms with E-state index in [2.05, 4.69) is 15.6 Å². The van der Waals surface area contributed by atoms with Crippen molar-refractivity contribution in [2.75, 3.05) is 20.6 Å². The van der Waals surface area contributed by atoms with Crippen molar-refractivity contribution in [2.45, 2.75) is 110 Å². The van der Waals surface area contributed by atoms with Crippen molar-refractivity contribution in [3.63, 3.8) is 0 Å². The van der Waals surface area contributed by atoms with Crippen LogP contribution in [0.2, 0.25) is 0 Å². The molecule has 1 aromatic heterocycles. The molecule has 0 spiro atoms. The van der Waals surface area contributed by atoms with Crippen molar-refractivity contribution in [1.29, 1.82) is 0 Å². The monoisotopic (exact) mass is 763 g/mol. The summed E-state index contributed by atoms with van der Waals surface area (Å²) in [6.07, 6.45) is 2.76. The minimum absolute atomic E-state index is 0.0557. The van der Waals surface area contributed by atoms with Crippen molar-refractivity contribution in [2.24, 2.45) is 17.8 Å². The topological polar surface area (TPSA) is 158 Å². The molecule has 12 nitrogen and oxygen atoms in total. The van der Waals surface area contributed by atoms with Crippen molar-refractivity contribution >= 4 is 51.8 Å². The van der Waals surface area contributed by atoms with Gasteiger partial charge in [-0.25, -0.2) is 4.98 Å². The van der Waals surface area contributed by atoms with E-state index in [0.29, 0.717) is 11.4 Å². The number of amides is 3. The summed E-state index contributed by atoms with van der Waals surface area (Å²) in [5.74, 6) is -3.24. The number of thiazole rings is 1. The van der Waals surface area contributed by atoms with E-state index in [4.69, 9.17) is 4.74 Å². The maximum Gasteiger partial charge on any atom is 0.306 e. The third-order valence-electron chi connectivity index (χ3n) is 10.4. The Labute approximate surface area is 323 Å². The molecule has 0 radical (unpaired) electrons. The maximum absolute atomic E-state index is 14.1. The minimum Gasteiger partial charge on any atom is -0.481 e. The van der Waals surface area contributed by atoms with Gasteiger partial charge in [0.25, 0.3) is 5.91 Å². The molecular formula is C41H57N5O7S. The van der Waals surface area contributed by atoms with Crippen LogP contribution in [0.5, 0.6) is 0 Å². The molecule has 3 aromatic rings. The standard InChI is InChI=1S/C41H57N5O7S/c1-24(2)34(46(8)40(50)36(25(3)4)44-38(49)33-15-11-12-18-45(33)7)22-35(53-27(6)47)39-43-32(23-54-39)37(48)42-31(19-26(5)41(51)52)21-28-16-17-29-13-9-10-14-30(29)20-28/h9-10,13-14,16-17,20,23-26,31,33-36H,11-12,15,18-19,21-22H2,1-8H3,(H,42,48)(H,44,49)(H,51,52)/t26-,31?,33?,34?,35?,36?/m0/s1. The van der Waals surface area contributed by atoms with Crippen LogP contribution in [0.15, 0.2) is 47.8 Å².